The minimum atomic E-state index is -0.0348. The Labute approximate surface area is 148 Å². The molecular formula is C18H25N5O2. The molecule has 2 fully saturated rings. The molecule has 0 radical (unpaired) electrons. The molecule has 0 aromatic carbocycles. The van der Waals surface area contributed by atoms with E-state index in [1.807, 2.05) is 23.9 Å². The molecule has 0 spiro atoms. The molecule has 0 atom stereocenters. The van der Waals surface area contributed by atoms with Gasteiger partial charge in [-0.05, 0) is 18.9 Å². The number of anilines is 1. The number of piperazine rings is 1. The summed E-state index contributed by atoms with van der Waals surface area (Å²) in [6, 6.07) is 0. The highest BCUT2D eigenvalue weighted by atomic mass is 16.2. The highest BCUT2D eigenvalue weighted by molar-refractivity contribution is 5.92. The number of carbonyl (C=O) groups excluding carboxylic acids is 2. The number of nitrogens with zero attached hydrogens (tertiary/aromatic N) is 5. The lowest BCUT2D eigenvalue weighted by Crippen LogP contribution is -2.52. The van der Waals surface area contributed by atoms with Crippen LogP contribution < -0.4 is 4.90 Å². The maximum absolute atomic E-state index is 12.3. The van der Waals surface area contributed by atoms with Crippen molar-refractivity contribution < 1.29 is 9.59 Å². The van der Waals surface area contributed by atoms with E-state index >= 15 is 0 Å². The average molecular weight is 343 g/mol. The fraction of sp³-hybridized carbons (Fsp3) is 0.556. The fourth-order valence-electron chi connectivity index (χ4n) is 2.98. The molecule has 2 amide bonds. The second-order valence-electron chi connectivity index (χ2n) is 6.82. The average Bonchev–Trinajstić information content (AvgIpc) is 2.58. The third kappa shape index (κ3) is 4.15. The van der Waals surface area contributed by atoms with Crippen LogP contribution in [0.4, 0.5) is 5.95 Å². The second-order valence-corrected chi connectivity index (χ2v) is 6.82. The third-order valence-corrected chi connectivity index (χ3v) is 4.83. The van der Waals surface area contributed by atoms with E-state index in [1.165, 1.54) is 6.42 Å². The predicted molar refractivity (Wildman–Crippen MR) is 95.9 cm³/mol. The Morgan fingerprint density at radius 2 is 1.68 bits per heavy atom. The fourth-order valence-corrected chi connectivity index (χ4v) is 2.98. The first-order valence-electron chi connectivity index (χ1n) is 8.80. The number of aromatic nitrogens is 2. The standard InChI is InChI=1S/C18H25N5O2/c1-21(2)18-19-12-14(13-20-18)6-7-16(24)22-8-10-23(11-9-22)17(25)15-4-3-5-15/h6-7,12-13,15H,3-5,8-11H2,1-2H3/b7-6+. The Kier molecular flexibility index (Phi) is 5.31. The van der Waals surface area contributed by atoms with Gasteiger partial charge < -0.3 is 14.7 Å². The van der Waals surface area contributed by atoms with E-state index in [0.29, 0.717) is 32.1 Å². The molecule has 2 heterocycles. The minimum Gasteiger partial charge on any atom is -0.347 e. The summed E-state index contributed by atoms with van der Waals surface area (Å²) in [7, 11) is 3.76. The number of hydrogen-bond donors (Lipinski definition) is 0. The summed E-state index contributed by atoms with van der Waals surface area (Å²) in [5.74, 6) is 1.10. The summed E-state index contributed by atoms with van der Waals surface area (Å²) in [5.41, 5.74) is 0.790. The maximum atomic E-state index is 12.3. The molecule has 0 bridgehead atoms. The van der Waals surface area contributed by atoms with Gasteiger partial charge in [-0.1, -0.05) is 6.42 Å². The summed E-state index contributed by atoms with van der Waals surface area (Å²) < 4.78 is 0. The monoisotopic (exact) mass is 343 g/mol. The van der Waals surface area contributed by atoms with E-state index in [1.54, 1.807) is 29.4 Å². The van der Waals surface area contributed by atoms with E-state index in [9.17, 15) is 9.59 Å². The summed E-state index contributed by atoms with van der Waals surface area (Å²) in [6.07, 6.45) is 9.89. The van der Waals surface area contributed by atoms with Crippen LogP contribution in [-0.2, 0) is 9.59 Å². The molecule has 3 rings (SSSR count). The van der Waals surface area contributed by atoms with E-state index in [4.69, 9.17) is 0 Å². The van der Waals surface area contributed by atoms with Crippen molar-refractivity contribution >= 4 is 23.8 Å². The molecule has 1 aliphatic heterocycles. The van der Waals surface area contributed by atoms with Crippen LogP contribution in [0.2, 0.25) is 0 Å². The Morgan fingerprint density at radius 1 is 1.08 bits per heavy atom. The molecular weight excluding hydrogens is 318 g/mol. The maximum Gasteiger partial charge on any atom is 0.246 e. The third-order valence-electron chi connectivity index (χ3n) is 4.83. The predicted octanol–water partition coefficient (Wildman–Crippen LogP) is 1.03. The van der Waals surface area contributed by atoms with Crippen LogP contribution in [0.5, 0.6) is 0 Å². The molecule has 7 nitrogen and oxygen atoms in total. The quantitative estimate of drug-likeness (QED) is 0.764. The van der Waals surface area contributed by atoms with Crippen molar-refractivity contribution in [1.29, 1.82) is 0 Å². The first-order valence-corrected chi connectivity index (χ1v) is 8.80. The van der Waals surface area contributed by atoms with Crippen LogP contribution in [0.15, 0.2) is 18.5 Å². The summed E-state index contributed by atoms with van der Waals surface area (Å²) >= 11 is 0. The van der Waals surface area contributed by atoms with Crippen LogP contribution in [0.25, 0.3) is 6.08 Å². The molecule has 1 aromatic rings. The van der Waals surface area contributed by atoms with Gasteiger partial charge in [0.25, 0.3) is 0 Å². The smallest absolute Gasteiger partial charge is 0.246 e. The zero-order chi connectivity index (χ0) is 17.8. The van der Waals surface area contributed by atoms with Gasteiger partial charge in [0.15, 0.2) is 0 Å². The Bertz CT molecular complexity index is 644. The molecule has 7 heteroatoms. The van der Waals surface area contributed by atoms with Gasteiger partial charge >= 0.3 is 0 Å². The van der Waals surface area contributed by atoms with Crippen LogP contribution in [-0.4, -0.2) is 71.9 Å². The molecule has 1 saturated heterocycles. The zero-order valence-corrected chi connectivity index (χ0v) is 14.9. The van der Waals surface area contributed by atoms with E-state index < -0.39 is 0 Å². The van der Waals surface area contributed by atoms with Crippen LogP contribution in [0, 0.1) is 5.92 Å². The SMILES string of the molecule is CN(C)c1ncc(/C=C/C(=O)N2CCN(C(=O)C3CCC3)CC2)cn1. The molecule has 134 valence electrons. The first kappa shape index (κ1) is 17.4. The van der Waals surface area contributed by atoms with Crippen molar-refractivity contribution in [3.63, 3.8) is 0 Å². The van der Waals surface area contributed by atoms with Crippen molar-refractivity contribution in [1.82, 2.24) is 19.8 Å². The Morgan fingerprint density at radius 3 is 2.20 bits per heavy atom. The van der Waals surface area contributed by atoms with E-state index in [-0.39, 0.29) is 17.7 Å². The normalized spacial score (nSPS) is 18.3. The lowest BCUT2D eigenvalue weighted by atomic mass is 9.84. The summed E-state index contributed by atoms with van der Waals surface area (Å²) in [6.45, 7) is 2.46. The second kappa shape index (κ2) is 7.63. The minimum absolute atomic E-state index is 0.0348. The Hall–Kier alpha value is -2.44. The summed E-state index contributed by atoms with van der Waals surface area (Å²) in [4.78, 5) is 38.5. The van der Waals surface area contributed by atoms with Gasteiger partial charge in [0.1, 0.15) is 0 Å². The van der Waals surface area contributed by atoms with Crippen molar-refractivity contribution in [2.24, 2.45) is 5.92 Å². The van der Waals surface area contributed by atoms with Gasteiger partial charge in [-0.15, -0.1) is 0 Å². The van der Waals surface area contributed by atoms with Crippen molar-refractivity contribution in [3.05, 3.63) is 24.0 Å². The molecule has 0 unspecified atom stereocenters. The van der Waals surface area contributed by atoms with Gasteiger partial charge in [0.2, 0.25) is 17.8 Å². The zero-order valence-electron chi connectivity index (χ0n) is 14.9. The number of amides is 2. The highest BCUT2D eigenvalue weighted by Gasteiger charge is 2.31. The van der Waals surface area contributed by atoms with Gasteiger partial charge in [0.05, 0.1) is 0 Å². The van der Waals surface area contributed by atoms with Crippen LogP contribution in [0.1, 0.15) is 24.8 Å². The topological polar surface area (TPSA) is 69.6 Å². The van der Waals surface area contributed by atoms with Crippen molar-refractivity contribution in [3.8, 4) is 0 Å². The Balaban J connectivity index is 1.49. The lowest BCUT2D eigenvalue weighted by molar-refractivity contribution is -0.142. The van der Waals surface area contributed by atoms with Gasteiger partial charge in [0, 0.05) is 70.2 Å². The molecule has 0 N–H and O–H groups in total. The molecule has 25 heavy (non-hydrogen) atoms. The number of carbonyl (C=O) groups is 2. The van der Waals surface area contributed by atoms with Crippen molar-refractivity contribution in [2.45, 2.75) is 19.3 Å². The highest BCUT2D eigenvalue weighted by Crippen LogP contribution is 2.28. The molecule has 1 aliphatic carbocycles. The van der Waals surface area contributed by atoms with Crippen LogP contribution in [0.3, 0.4) is 0 Å². The lowest BCUT2D eigenvalue weighted by Gasteiger charge is -2.37. The molecule has 2 aliphatic rings. The van der Waals surface area contributed by atoms with E-state index in [2.05, 4.69) is 9.97 Å². The van der Waals surface area contributed by atoms with Gasteiger partial charge in [-0.3, -0.25) is 9.59 Å². The number of hydrogen-bond acceptors (Lipinski definition) is 5. The van der Waals surface area contributed by atoms with Crippen molar-refractivity contribution in [2.75, 3.05) is 45.2 Å². The largest absolute Gasteiger partial charge is 0.347 e. The summed E-state index contributed by atoms with van der Waals surface area (Å²) in [5, 5.41) is 0. The van der Waals surface area contributed by atoms with Crippen LogP contribution >= 0.6 is 0 Å². The van der Waals surface area contributed by atoms with Gasteiger partial charge in [-0.2, -0.15) is 0 Å². The first-order chi connectivity index (χ1) is 12.0. The molecule has 1 aromatic heterocycles. The number of rotatable bonds is 4. The van der Waals surface area contributed by atoms with Gasteiger partial charge in [-0.25, -0.2) is 9.97 Å². The molecule has 1 saturated carbocycles. The van der Waals surface area contributed by atoms with E-state index in [0.717, 1.165) is 18.4 Å².